The summed E-state index contributed by atoms with van der Waals surface area (Å²) in [5.74, 6) is -1.01. The minimum Gasteiger partial charge on any atom is -0.334 e. The van der Waals surface area contributed by atoms with Crippen LogP contribution in [0.4, 0.5) is 0 Å². The van der Waals surface area contributed by atoms with Gasteiger partial charge in [0.05, 0.1) is 10.00 Å². The van der Waals surface area contributed by atoms with Crippen LogP contribution in [-0.2, 0) is 19.6 Å². The Morgan fingerprint density at radius 3 is 2.69 bits per heavy atom. The zero-order valence-electron chi connectivity index (χ0n) is 18.7. The first-order valence-electron chi connectivity index (χ1n) is 10.7. The van der Waals surface area contributed by atoms with Gasteiger partial charge in [0.1, 0.15) is 0 Å². The number of thiophene rings is 1. The second kappa shape index (κ2) is 10.2. The minimum absolute atomic E-state index is 0.0345. The van der Waals surface area contributed by atoms with Crippen LogP contribution in [0.5, 0.6) is 0 Å². The maximum absolute atomic E-state index is 13.0. The van der Waals surface area contributed by atoms with Crippen LogP contribution in [-0.4, -0.2) is 80.9 Å². The maximum atomic E-state index is 13.0. The van der Waals surface area contributed by atoms with E-state index in [4.69, 9.17) is 11.6 Å². The summed E-state index contributed by atoms with van der Waals surface area (Å²) in [6.07, 6.45) is 4.89. The molecule has 0 aliphatic carbocycles. The molecule has 1 aromatic rings. The Morgan fingerprint density at radius 2 is 2.03 bits per heavy atom. The molecule has 3 heterocycles. The standard InChI is InChI=1S/C21H31ClN4O4S2/c1-21(24(2)3)10-4-5-11-26(21)20(28)19(27)25-12-8-16(15-25)14-23-32(29,30)13-9-17-6-7-18(22)31-17/h6-7,9,13,16,23H,4-5,8,10-12,14-15H2,1-3H3/t16-,21?/m1/s1. The van der Waals surface area contributed by atoms with E-state index in [0.717, 1.165) is 29.5 Å². The van der Waals surface area contributed by atoms with E-state index < -0.39 is 27.5 Å². The van der Waals surface area contributed by atoms with Gasteiger partial charge in [-0.3, -0.25) is 14.5 Å². The summed E-state index contributed by atoms with van der Waals surface area (Å²) in [6, 6.07) is 3.46. The maximum Gasteiger partial charge on any atom is 0.313 e. The van der Waals surface area contributed by atoms with Crippen molar-refractivity contribution in [2.75, 3.05) is 40.3 Å². The number of amides is 2. The van der Waals surface area contributed by atoms with E-state index >= 15 is 0 Å². The van der Waals surface area contributed by atoms with Gasteiger partial charge in [-0.1, -0.05) is 11.6 Å². The molecular formula is C21H31ClN4O4S2. The molecule has 2 aliphatic rings. The highest BCUT2D eigenvalue weighted by atomic mass is 35.5. The molecule has 1 aromatic heterocycles. The monoisotopic (exact) mass is 502 g/mol. The van der Waals surface area contributed by atoms with Crippen molar-refractivity contribution >= 4 is 50.9 Å². The number of hydrogen-bond donors (Lipinski definition) is 1. The average Bonchev–Trinajstić information content (AvgIpc) is 3.39. The van der Waals surface area contributed by atoms with Crippen LogP contribution in [0.3, 0.4) is 0 Å². The summed E-state index contributed by atoms with van der Waals surface area (Å²) in [6.45, 7) is 3.60. The second-order valence-corrected chi connectivity index (χ2v) is 12.2. The third-order valence-corrected chi connectivity index (χ3v) is 8.67. The zero-order valence-corrected chi connectivity index (χ0v) is 21.1. The van der Waals surface area contributed by atoms with E-state index in [-0.39, 0.29) is 12.5 Å². The van der Waals surface area contributed by atoms with E-state index in [0.29, 0.717) is 30.4 Å². The molecule has 2 fully saturated rings. The number of nitrogens with one attached hydrogen (secondary N) is 1. The second-order valence-electron chi connectivity index (χ2n) is 8.77. The lowest BCUT2D eigenvalue weighted by atomic mass is 9.95. The van der Waals surface area contributed by atoms with Crippen LogP contribution in [0, 0.1) is 5.92 Å². The van der Waals surface area contributed by atoms with Gasteiger partial charge in [-0.2, -0.15) is 0 Å². The zero-order chi connectivity index (χ0) is 23.5. The summed E-state index contributed by atoms with van der Waals surface area (Å²) in [7, 11) is 0.247. The fourth-order valence-corrected chi connectivity index (χ4v) is 6.12. The molecule has 0 spiro atoms. The van der Waals surface area contributed by atoms with Gasteiger partial charge in [-0.25, -0.2) is 13.1 Å². The Morgan fingerprint density at radius 1 is 1.28 bits per heavy atom. The van der Waals surface area contributed by atoms with Crippen LogP contribution in [0.25, 0.3) is 6.08 Å². The molecule has 1 N–H and O–H groups in total. The van der Waals surface area contributed by atoms with Crippen molar-refractivity contribution in [1.82, 2.24) is 19.4 Å². The molecule has 2 saturated heterocycles. The first-order chi connectivity index (χ1) is 15.0. The Labute approximate surface area is 199 Å². The van der Waals surface area contributed by atoms with Gasteiger partial charge in [-0.05, 0) is 70.8 Å². The molecule has 2 atom stereocenters. The highest BCUT2D eigenvalue weighted by Crippen LogP contribution is 2.30. The predicted molar refractivity (Wildman–Crippen MR) is 128 cm³/mol. The quantitative estimate of drug-likeness (QED) is 0.603. The van der Waals surface area contributed by atoms with Gasteiger partial charge in [0.25, 0.3) is 0 Å². The molecule has 11 heteroatoms. The van der Waals surface area contributed by atoms with E-state index in [1.807, 2.05) is 25.9 Å². The number of piperidine rings is 1. The van der Waals surface area contributed by atoms with Gasteiger partial charge in [0, 0.05) is 36.5 Å². The number of carbonyl (C=O) groups is 2. The van der Waals surface area contributed by atoms with Crippen LogP contribution >= 0.6 is 22.9 Å². The predicted octanol–water partition coefficient (Wildman–Crippen LogP) is 2.43. The SMILES string of the molecule is CN(C)C1(C)CCCCN1C(=O)C(=O)N1CC[C@H](CNS(=O)(=O)C=Cc2ccc(Cl)s2)C1. The fraction of sp³-hybridized carbons (Fsp3) is 0.619. The van der Waals surface area contributed by atoms with Gasteiger partial charge in [0.15, 0.2) is 0 Å². The number of sulfonamides is 1. The molecule has 8 nitrogen and oxygen atoms in total. The Hall–Kier alpha value is -1.46. The van der Waals surface area contributed by atoms with Crippen molar-refractivity contribution in [2.24, 2.45) is 5.92 Å². The highest BCUT2D eigenvalue weighted by molar-refractivity contribution is 7.92. The lowest BCUT2D eigenvalue weighted by molar-refractivity contribution is -0.162. The molecule has 0 bridgehead atoms. The summed E-state index contributed by atoms with van der Waals surface area (Å²) >= 11 is 7.15. The lowest BCUT2D eigenvalue weighted by Crippen LogP contribution is -2.62. The topological polar surface area (TPSA) is 90.0 Å². The van der Waals surface area contributed by atoms with Crippen molar-refractivity contribution in [1.29, 1.82) is 0 Å². The first-order valence-corrected chi connectivity index (χ1v) is 13.5. The van der Waals surface area contributed by atoms with Gasteiger partial charge in [0.2, 0.25) is 10.0 Å². The van der Waals surface area contributed by atoms with E-state index in [2.05, 4.69) is 4.72 Å². The van der Waals surface area contributed by atoms with Gasteiger partial charge < -0.3 is 9.80 Å². The Balaban J connectivity index is 1.54. The Bertz CT molecular complexity index is 978. The van der Waals surface area contributed by atoms with Crippen molar-refractivity contribution in [3.63, 3.8) is 0 Å². The highest BCUT2D eigenvalue weighted by Gasteiger charge is 2.43. The van der Waals surface area contributed by atoms with E-state index in [9.17, 15) is 18.0 Å². The van der Waals surface area contributed by atoms with E-state index in [1.54, 1.807) is 21.9 Å². The summed E-state index contributed by atoms with van der Waals surface area (Å²) < 4.78 is 27.7. The molecular weight excluding hydrogens is 472 g/mol. The number of halogens is 1. The van der Waals surface area contributed by atoms with Crippen molar-refractivity contribution < 1.29 is 18.0 Å². The lowest BCUT2D eigenvalue weighted by Gasteiger charge is -2.48. The minimum atomic E-state index is -3.61. The number of nitrogens with zero attached hydrogens (tertiary/aromatic N) is 3. The van der Waals surface area contributed by atoms with Crippen molar-refractivity contribution in [3.8, 4) is 0 Å². The summed E-state index contributed by atoms with van der Waals surface area (Å²) in [5.41, 5.74) is -0.473. The largest absolute Gasteiger partial charge is 0.334 e. The normalized spacial score (nSPS) is 24.6. The molecule has 2 amide bonds. The number of hydrogen-bond acceptors (Lipinski definition) is 6. The third-order valence-electron chi connectivity index (χ3n) is 6.41. The number of rotatable bonds is 6. The molecule has 0 saturated carbocycles. The van der Waals surface area contributed by atoms with Crippen LogP contribution in [0.1, 0.15) is 37.5 Å². The summed E-state index contributed by atoms with van der Waals surface area (Å²) in [4.78, 5) is 31.9. The molecule has 0 radical (unpaired) electrons. The van der Waals surface area contributed by atoms with Crippen LogP contribution in [0.15, 0.2) is 17.5 Å². The summed E-state index contributed by atoms with van der Waals surface area (Å²) in [5, 5.41) is 1.12. The molecule has 1 unspecified atom stereocenters. The van der Waals surface area contributed by atoms with Gasteiger partial charge in [-0.15, -0.1) is 11.3 Å². The third kappa shape index (κ3) is 5.91. The number of carbonyl (C=O) groups excluding carboxylic acids is 2. The molecule has 3 rings (SSSR count). The smallest absolute Gasteiger partial charge is 0.313 e. The first kappa shape index (κ1) is 25.2. The van der Waals surface area contributed by atoms with Crippen molar-refractivity contribution in [2.45, 2.75) is 38.3 Å². The number of likely N-dealkylation sites (tertiary alicyclic amines) is 2. The van der Waals surface area contributed by atoms with Crippen molar-refractivity contribution in [3.05, 3.63) is 26.8 Å². The van der Waals surface area contributed by atoms with Gasteiger partial charge >= 0.3 is 11.8 Å². The molecule has 0 aromatic carbocycles. The molecule has 2 aliphatic heterocycles. The molecule has 178 valence electrons. The average molecular weight is 503 g/mol. The van der Waals surface area contributed by atoms with Crippen LogP contribution in [0.2, 0.25) is 4.34 Å². The van der Waals surface area contributed by atoms with E-state index in [1.165, 1.54) is 17.4 Å². The fourth-order valence-electron chi connectivity index (χ4n) is 4.18. The molecule has 32 heavy (non-hydrogen) atoms. The Kier molecular flexibility index (Phi) is 8.03. The van der Waals surface area contributed by atoms with Crippen LogP contribution < -0.4 is 4.72 Å².